The molecule has 0 heterocycles. The van der Waals surface area contributed by atoms with Crippen molar-refractivity contribution in [1.82, 2.24) is 0 Å². The number of aromatic hydroxyl groups is 1. The Morgan fingerprint density at radius 1 is 1.44 bits per heavy atom. The van der Waals surface area contributed by atoms with Gasteiger partial charge in [0.25, 0.3) is 0 Å². The van der Waals surface area contributed by atoms with Gasteiger partial charge in [-0.25, -0.2) is 0 Å². The van der Waals surface area contributed by atoms with Gasteiger partial charge in [-0.05, 0) is 24.6 Å². The van der Waals surface area contributed by atoms with Crippen molar-refractivity contribution < 1.29 is 14.9 Å². The van der Waals surface area contributed by atoms with Crippen molar-refractivity contribution >= 4 is 0 Å². The number of rotatable bonds is 5. The molecule has 5 heteroatoms. The number of hydrogen-bond acceptors (Lipinski definition) is 5. The molecule has 0 radical (unpaired) electrons. The van der Waals surface area contributed by atoms with Crippen molar-refractivity contribution in [1.29, 1.82) is 0 Å². The summed E-state index contributed by atoms with van der Waals surface area (Å²) in [6, 6.07) is 2.76. The van der Waals surface area contributed by atoms with Gasteiger partial charge in [0.2, 0.25) is 0 Å². The number of hydrogen-bond donors (Lipinski definition) is 4. The normalized spacial score (nSPS) is 12.5. The molecule has 0 aliphatic heterocycles. The second-order valence-electron chi connectivity index (χ2n) is 3.47. The Hall–Kier alpha value is -1.30. The van der Waals surface area contributed by atoms with Gasteiger partial charge < -0.3 is 26.4 Å². The Bertz CT molecular complexity index is 355. The van der Waals surface area contributed by atoms with Crippen molar-refractivity contribution in [3.05, 3.63) is 23.3 Å². The van der Waals surface area contributed by atoms with Crippen molar-refractivity contribution in [2.45, 2.75) is 19.6 Å². The summed E-state index contributed by atoms with van der Waals surface area (Å²) in [5.41, 5.74) is 12.3. The van der Waals surface area contributed by atoms with E-state index in [9.17, 15) is 5.11 Å². The zero-order valence-electron chi connectivity index (χ0n) is 9.31. The van der Waals surface area contributed by atoms with Crippen LogP contribution in [0.3, 0.4) is 0 Å². The van der Waals surface area contributed by atoms with Crippen LogP contribution in [0, 0.1) is 0 Å². The molecule has 5 nitrogen and oxygen atoms in total. The third kappa shape index (κ3) is 2.63. The number of nitrogens with two attached hydrogens (primary N) is 2. The van der Waals surface area contributed by atoms with Crippen LogP contribution in [0.15, 0.2) is 12.1 Å². The molecule has 1 atom stereocenters. The topological polar surface area (TPSA) is 102 Å². The van der Waals surface area contributed by atoms with Crippen LogP contribution < -0.4 is 16.2 Å². The van der Waals surface area contributed by atoms with E-state index in [4.69, 9.17) is 21.3 Å². The minimum Gasteiger partial charge on any atom is -0.504 e. The molecule has 1 aromatic carbocycles. The van der Waals surface area contributed by atoms with Gasteiger partial charge in [0.15, 0.2) is 11.5 Å². The first-order valence-corrected chi connectivity index (χ1v) is 5.19. The lowest BCUT2D eigenvalue weighted by atomic mass is 10.0. The number of ether oxygens (including phenoxy) is 1. The molecule has 0 saturated carbocycles. The van der Waals surface area contributed by atoms with E-state index in [0.717, 1.165) is 0 Å². The summed E-state index contributed by atoms with van der Waals surface area (Å²) in [6.07, 6.45) is 0. The highest BCUT2D eigenvalue weighted by atomic mass is 16.5. The fourth-order valence-corrected chi connectivity index (χ4v) is 1.46. The van der Waals surface area contributed by atoms with E-state index in [1.807, 2.05) is 6.92 Å². The highest BCUT2D eigenvalue weighted by molar-refractivity contribution is 5.49. The molecule has 0 aliphatic rings. The minimum atomic E-state index is -0.467. The molecule has 0 fully saturated rings. The second-order valence-corrected chi connectivity index (χ2v) is 3.47. The quantitative estimate of drug-likeness (QED) is 0.576. The molecule has 6 N–H and O–H groups in total. The van der Waals surface area contributed by atoms with Gasteiger partial charge >= 0.3 is 0 Å². The predicted octanol–water partition coefficient (Wildman–Crippen LogP) is 0.242. The molecular weight excluding hydrogens is 208 g/mol. The number of benzene rings is 1. The van der Waals surface area contributed by atoms with Gasteiger partial charge in [0.1, 0.15) is 0 Å². The van der Waals surface area contributed by atoms with Crippen LogP contribution in [0.5, 0.6) is 11.5 Å². The van der Waals surface area contributed by atoms with E-state index in [0.29, 0.717) is 23.5 Å². The molecule has 0 spiro atoms. The maximum absolute atomic E-state index is 9.90. The van der Waals surface area contributed by atoms with Gasteiger partial charge in [0, 0.05) is 18.2 Å². The molecule has 1 aromatic rings. The summed E-state index contributed by atoms with van der Waals surface area (Å²) >= 11 is 0. The molecule has 0 aromatic heterocycles. The summed E-state index contributed by atoms with van der Waals surface area (Å²) < 4.78 is 5.26. The zero-order chi connectivity index (χ0) is 12.1. The summed E-state index contributed by atoms with van der Waals surface area (Å²) in [7, 11) is 0. The van der Waals surface area contributed by atoms with Gasteiger partial charge in [-0.3, -0.25) is 0 Å². The first kappa shape index (κ1) is 12.8. The first-order chi connectivity index (χ1) is 7.63. The van der Waals surface area contributed by atoms with Crippen LogP contribution >= 0.6 is 0 Å². The number of aliphatic hydroxyl groups excluding tert-OH is 1. The van der Waals surface area contributed by atoms with Crippen LogP contribution in [-0.4, -0.2) is 23.4 Å². The molecule has 90 valence electrons. The summed E-state index contributed by atoms with van der Waals surface area (Å²) in [5.74, 6) is 0.324. The number of phenolic OH excluding ortho intramolecular Hbond substituents is 1. The highest BCUT2D eigenvalue weighted by Gasteiger charge is 2.15. The van der Waals surface area contributed by atoms with Crippen molar-refractivity contribution in [3.8, 4) is 11.5 Å². The third-order valence-electron chi connectivity index (χ3n) is 2.30. The first-order valence-electron chi connectivity index (χ1n) is 5.19. The molecule has 1 rings (SSSR count). The van der Waals surface area contributed by atoms with Crippen LogP contribution in [0.4, 0.5) is 0 Å². The average molecular weight is 226 g/mol. The molecule has 0 amide bonds. The molecule has 16 heavy (non-hydrogen) atoms. The van der Waals surface area contributed by atoms with Crippen LogP contribution in [0.2, 0.25) is 0 Å². The largest absolute Gasteiger partial charge is 0.504 e. The van der Waals surface area contributed by atoms with Crippen molar-refractivity contribution in [2.24, 2.45) is 11.5 Å². The van der Waals surface area contributed by atoms with Crippen LogP contribution in [-0.2, 0) is 6.61 Å². The van der Waals surface area contributed by atoms with Crippen molar-refractivity contribution in [3.63, 3.8) is 0 Å². The Morgan fingerprint density at radius 2 is 2.12 bits per heavy atom. The molecular formula is C11H18N2O3. The summed E-state index contributed by atoms with van der Waals surface area (Å²) in [6.45, 7) is 2.33. The Kier molecular flexibility index (Phi) is 4.54. The summed E-state index contributed by atoms with van der Waals surface area (Å²) in [5, 5.41) is 19.0. The van der Waals surface area contributed by atoms with E-state index in [-0.39, 0.29) is 18.9 Å². The fraction of sp³-hybridized carbons (Fsp3) is 0.455. The van der Waals surface area contributed by atoms with Crippen molar-refractivity contribution in [2.75, 3.05) is 13.2 Å². The lowest BCUT2D eigenvalue weighted by Crippen LogP contribution is -2.21. The predicted molar refractivity (Wildman–Crippen MR) is 61.2 cm³/mol. The highest BCUT2D eigenvalue weighted by Crippen LogP contribution is 2.34. The van der Waals surface area contributed by atoms with E-state index in [1.165, 1.54) is 0 Å². The molecule has 0 aliphatic carbocycles. The lowest BCUT2D eigenvalue weighted by Gasteiger charge is -2.16. The van der Waals surface area contributed by atoms with E-state index < -0.39 is 6.04 Å². The van der Waals surface area contributed by atoms with Gasteiger partial charge in [-0.15, -0.1) is 0 Å². The molecule has 0 unspecified atom stereocenters. The average Bonchev–Trinajstić information content (AvgIpc) is 2.31. The van der Waals surface area contributed by atoms with Crippen LogP contribution in [0.25, 0.3) is 0 Å². The van der Waals surface area contributed by atoms with E-state index in [2.05, 4.69) is 0 Å². The number of phenols is 1. The molecule has 0 saturated heterocycles. The lowest BCUT2D eigenvalue weighted by molar-refractivity contribution is 0.278. The Morgan fingerprint density at radius 3 is 2.62 bits per heavy atom. The fourth-order valence-electron chi connectivity index (χ4n) is 1.46. The van der Waals surface area contributed by atoms with Gasteiger partial charge in [-0.1, -0.05) is 0 Å². The van der Waals surface area contributed by atoms with E-state index in [1.54, 1.807) is 12.1 Å². The maximum Gasteiger partial charge on any atom is 0.162 e. The number of aliphatic hydroxyl groups is 1. The van der Waals surface area contributed by atoms with Gasteiger partial charge in [-0.2, -0.15) is 0 Å². The second kappa shape index (κ2) is 5.69. The SMILES string of the molecule is CCOc1cc(CO)cc([C@H](N)CN)c1O. The maximum atomic E-state index is 9.90. The van der Waals surface area contributed by atoms with E-state index >= 15 is 0 Å². The smallest absolute Gasteiger partial charge is 0.162 e. The molecule has 0 bridgehead atoms. The minimum absolute atomic E-state index is 0.00278. The summed E-state index contributed by atoms with van der Waals surface area (Å²) in [4.78, 5) is 0. The Labute approximate surface area is 94.6 Å². The zero-order valence-corrected chi connectivity index (χ0v) is 9.31. The Balaban J connectivity index is 3.19. The monoisotopic (exact) mass is 226 g/mol. The third-order valence-corrected chi connectivity index (χ3v) is 2.30. The standard InChI is InChI=1S/C11H18N2O3/c1-2-16-10-4-7(6-14)3-8(11(10)15)9(13)5-12/h3-4,9,14-15H,2,5-6,12-13H2,1H3/t9-/m1/s1. The van der Waals surface area contributed by atoms with Crippen LogP contribution in [0.1, 0.15) is 24.1 Å². The van der Waals surface area contributed by atoms with Gasteiger partial charge in [0.05, 0.1) is 13.2 Å².